The summed E-state index contributed by atoms with van der Waals surface area (Å²) < 4.78 is 26.4. The van der Waals surface area contributed by atoms with Gasteiger partial charge in [0.1, 0.15) is 0 Å². The van der Waals surface area contributed by atoms with Gasteiger partial charge < -0.3 is 10.2 Å². The predicted molar refractivity (Wildman–Crippen MR) is 90.4 cm³/mol. The summed E-state index contributed by atoms with van der Waals surface area (Å²) >= 11 is 0. The molecule has 0 aromatic heterocycles. The summed E-state index contributed by atoms with van der Waals surface area (Å²) in [4.78, 5) is 13.8. The number of nitrogens with one attached hydrogen (secondary N) is 2. The molecule has 6 nitrogen and oxygen atoms in total. The fraction of sp³-hybridized carbons (Fsp3) is 0.562. The molecule has 1 aromatic rings. The lowest BCUT2D eigenvalue weighted by Crippen LogP contribution is -2.46. The molecule has 0 spiro atoms. The highest BCUT2D eigenvalue weighted by Crippen LogP contribution is 2.15. The van der Waals surface area contributed by atoms with E-state index < -0.39 is 10.0 Å². The second-order valence-corrected chi connectivity index (χ2v) is 7.98. The third-order valence-corrected chi connectivity index (χ3v) is 5.26. The van der Waals surface area contributed by atoms with Gasteiger partial charge in [-0.3, -0.25) is 0 Å². The first-order valence-corrected chi connectivity index (χ1v) is 9.65. The summed E-state index contributed by atoms with van der Waals surface area (Å²) in [6, 6.07) is 9.17. The van der Waals surface area contributed by atoms with Gasteiger partial charge in [-0.05, 0) is 24.3 Å². The first-order chi connectivity index (χ1) is 11.0. The monoisotopic (exact) mass is 339 g/mol. The van der Waals surface area contributed by atoms with Crippen LogP contribution in [0.4, 0.5) is 4.79 Å². The molecule has 1 atom stereocenters. The lowest BCUT2D eigenvalue weighted by Gasteiger charge is -2.30. The zero-order valence-electron chi connectivity index (χ0n) is 13.5. The Kier molecular flexibility index (Phi) is 6.41. The van der Waals surface area contributed by atoms with Crippen molar-refractivity contribution in [1.29, 1.82) is 0 Å². The Balaban J connectivity index is 1.70. The number of benzene rings is 1. The van der Waals surface area contributed by atoms with E-state index in [9.17, 15) is 13.2 Å². The topological polar surface area (TPSA) is 78.5 Å². The molecule has 0 saturated carbocycles. The number of hydrogen-bond acceptors (Lipinski definition) is 3. The highest BCUT2D eigenvalue weighted by Gasteiger charge is 2.21. The van der Waals surface area contributed by atoms with Crippen LogP contribution in [0.3, 0.4) is 0 Å². The molecule has 1 heterocycles. The van der Waals surface area contributed by atoms with Crippen molar-refractivity contribution in [3.63, 3.8) is 0 Å². The van der Waals surface area contributed by atoms with E-state index in [0.29, 0.717) is 5.92 Å². The molecule has 23 heavy (non-hydrogen) atoms. The van der Waals surface area contributed by atoms with E-state index in [1.165, 1.54) is 0 Å². The number of urea groups is 1. The zero-order valence-corrected chi connectivity index (χ0v) is 14.3. The molecule has 1 aromatic carbocycles. The lowest BCUT2D eigenvalue weighted by molar-refractivity contribution is 0.170. The van der Waals surface area contributed by atoms with Crippen LogP contribution in [0.1, 0.15) is 25.3 Å². The smallest absolute Gasteiger partial charge is 0.317 e. The molecular weight excluding hydrogens is 314 g/mol. The van der Waals surface area contributed by atoms with Crippen molar-refractivity contribution in [2.45, 2.75) is 26.3 Å². The van der Waals surface area contributed by atoms with Crippen LogP contribution in [0.15, 0.2) is 30.3 Å². The molecule has 128 valence electrons. The number of rotatable bonds is 6. The molecule has 1 unspecified atom stereocenters. The first kappa shape index (κ1) is 17.7. The van der Waals surface area contributed by atoms with Crippen LogP contribution in [-0.2, 0) is 16.6 Å². The van der Waals surface area contributed by atoms with E-state index in [2.05, 4.69) is 17.0 Å². The zero-order chi connectivity index (χ0) is 16.7. The number of carbonyl (C=O) groups excluding carboxylic acids is 1. The second-order valence-electron chi connectivity index (χ2n) is 6.05. The summed E-state index contributed by atoms with van der Waals surface area (Å²) in [6.07, 6.45) is 2.15. The average Bonchev–Trinajstić information content (AvgIpc) is 2.54. The fourth-order valence-corrected chi connectivity index (χ4v) is 3.54. The quantitative estimate of drug-likeness (QED) is 0.825. The van der Waals surface area contributed by atoms with E-state index in [-0.39, 0.29) is 24.9 Å². The number of nitrogens with zero attached hydrogens (tertiary/aromatic N) is 1. The molecule has 2 rings (SSSR count). The Morgan fingerprint density at radius 1 is 1.30 bits per heavy atom. The Hall–Kier alpha value is -1.60. The van der Waals surface area contributed by atoms with Crippen molar-refractivity contribution in [3.8, 4) is 0 Å². The maximum atomic E-state index is 12.0. The molecule has 2 amide bonds. The van der Waals surface area contributed by atoms with Crippen LogP contribution in [-0.4, -0.2) is 44.7 Å². The van der Waals surface area contributed by atoms with E-state index in [1.54, 1.807) is 4.90 Å². The van der Waals surface area contributed by atoms with Gasteiger partial charge in [-0.25, -0.2) is 17.9 Å². The van der Waals surface area contributed by atoms with Crippen molar-refractivity contribution in [1.82, 2.24) is 14.9 Å². The minimum atomic E-state index is -3.40. The summed E-state index contributed by atoms with van der Waals surface area (Å²) in [6.45, 7) is 3.99. The number of hydrogen-bond donors (Lipinski definition) is 2. The van der Waals surface area contributed by atoms with Crippen molar-refractivity contribution in [2.24, 2.45) is 5.92 Å². The van der Waals surface area contributed by atoms with E-state index in [4.69, 9.17) is 0 Å². The Bertz CT molecular complexity index is 604. The minimum absolute atomic E-state index is 0.116. The van der Waals surface area contributed by atoms with Gasteiger partial charge in [0, 0.05) is 26.2 Å². The highest BCUT2D eigenvalue weighted by molar-refractivity contribution is 7.89. The molecular formula is C16H25N3O3S. The third-order valence-electron chi connectivity index (χ3n) is 3.93. The second kappa shape index (κ2) is 8.31. The Labute approximate surface area is 138 Å². The van der Waals surface area contributed by atoms with Crippen LogP contribution in [0.5, 0.6) is 0 Å². The SMILES string of the molecule is CC1CCCN(C(=O)NCCS(=O)(=O)NCc2ccccc2)C1. The number of carbonyl (C=O) groups is 1. The predicted octanol–water partition coefficient (Wildman–Crippen LogP) is 1.55. The molecule has 7 heteroatoms. The molecule has 1 aliphatic rings. The van der Waals surface area contributed by atoms with Crippen molar-refractivity contribution in [2.75, 3.05) is 25.4 Å². The van der Waals surface area contributed by atoms with Gasteiger partial charge in [-0.15, -0.1) is 0 Å². The fourth-order valence-electron chi connectivity index (χ4n) is 2.64. The van der Waals surface area contributed by atoms with Crippen molar-refractivity contribution >= 4 is 16.1 Å². The number of piperidine rings is 1. The standard InChI is InChI=1S/C16H25N3O3S/c1-14-6-5-10-19(13-14)16(20)17-9-11-23(21,22)18-12-15-7-3-2-4-8-15/h2-4,7-8,14,18H,5-6,9-13H2,1H3,(H,17,20). The maximum absolute atomic E-state index is 12.0. The highest BCUT2D eigenvalue weighted by atomic mass is 32.2. The number of likely N-dealkylation sites (tertiary alicyclic amines) is 1. The van der Waals surface area contributed by atoms with E-state index in [1.807, 2.05) is 30.3 Å². The molecule has 0 aliphatic carbocycles. The largest absolute Gasteiger partial charge is 0.337 e. The van der Waals surface area contributed by atoms with E-state index >= 15 is 0 Å². The van der Waals surface area contributed by atoms with Gasteiger partial charge in [-0.1, -0.05) is 37.3 Å². The summed E-state index contributed by atoms with van der Waals surface area (Å²) in [5, 5.41) is 2.70. The normalized spacial score (nSPS) is 18.7. The van der Waals surface area contributed by atoms with Crippen molar-refractivity contribution in [3.05, 3.63) is 35.9 Å². The molecule has 1 aliphatic heterocycles. The third kappa shape index (κ3) is 6.19. The Morgan fingerprint density at radius 3 is 2.74 bits per heavy atom. The number of amides is 2. The van der Waals surface area contributed by atoms with Crippen LogP contribution in [0.25, 0.3) is 0 Å². The van der Waals surface area contributed by atoms with Crippen molar-refractivity contribution < 1.29 is 13.2 Å². The van der Waals surface area contributed by atoms with Gasteiger partial charge in [0.25, 0.3) is 0 Å². The van der Waals surface area contributed by atoms with Gasteiger partial charge in [0.15, 0.2) is 0 Å². The minimum Gasteiger partial charge on any atom is -0.337 e. The molecule has 2 N–H and O–H groups in total. The lowest BCUT2D eigenvalue weighted by atomic mass is 10.0. The van der Waals surface area contributed by atoms with Gasteiger partial charge in [0.05, 0.1) is 5.75 Å². The molecule has 0 radical (unpaired) electrons. The van der Waals surface area contributed by atoms with Gasteiger partial charge >= 0.3 is 6.03 Å². The van der Waals surface area contributed by atoms with Gasteiger partial charge in [-0.2, -0.15) is 0 Å². The van der Waals surface area contributed by atoms with Crippen LogP contribution in [0.2, 0.25) is 0 Å². The Morgan fingerprint density at radius 2 is 2.04 bits per heavy atom. The molecule has 1 fully saturated rings. The molecule has 0 bridgehead atoms. The number of sulfonamides is 1. The average molecular weight is 339 g/mol. The van der Waals surface area contributed by atoms with E-state index in [0.717, 1.165) is 31.5 Å². The van der Waals surface area contributed by atoms with Crippen LogP contribution >= 0.6 is 0 Å². The summed E-state index contributed by atoms with van der Waals surface area (Å²) in [5.41, 5.74) is 0.905. The van der Waals surface area contributed by atoms with Gasteiger partial charge in [0.2, 0.25) is 10.0 Å². The maximum Gasteiger partial charge on any atom is 0.317 e. The summed E-state index contributed by atoms with van der Waals surface area (Å²) in [7, 11) is -3.40. The van der Waals surface area contributed by atoms with Crippen LogP contribution in [0, 0.1) is 5.92 Å². The molecule has 1 saturated heterocycles. The summed E-state index contributed by atoms with van der Waals surface area (Å²) in [5.74, 6) is 0.389. The van der Waals surface area contributed by atoms with Crippen LogP contribution < -0.4 is 10.0 Å². The first-order valence-electron chi connectivity index (χ1n) is 8.00.